The molecule has 1 unspecified atom stereocenters. The Labute approximate surface area is 355 Å². The molecule has 1 aromatic carbocycles. The lowest BCUT2D eigenvalue weighted by molar-refractivity contribution is -0.122. The zero-order valence-electron chi connectivity index (χ0n) is 35.3. The third-order valence-electron chi connectivity index (χ3n) is 9.37. The highest BCUT2D eigenvalue weighted by atomic mass is 16.6. The maximum Gasteiger partial charge on any atom is 0.407 e. The molecule has 2 amide bonds. The molecule has 5 aromatic rings. The Morgan fingerprint density at radius 2 is 1.07 bits per heavy atom. The number of nitrogens with one attached hydrogen (secondary N) is 2. The van der Waals surface area contributed by atoms with E-state index in [1.807, 2.05) is 94.1 Å². The quantitative estimate of drug-likeness (QED) is 0.0552. The van der Waals surface area contributed by atoms with Gasteiger partial charge in [0.15, 0.2) is 0 Å². The number of unbranched alkanes of at least 4 members (excludes halogenated alkanes) is 2. The van der Waals surface area contributed by atoms with E-state index in [0.717, 1.165) is 52.5 Å². The second kappa shape index (κ2) is 24.4. The fourth-order valence-corrected chi connectivity index (χ4v) is 6.61. The highest BCUT2D eigenvalue weighted by Gasteiger charge is 2.17. The smallest absolute Gasteiger partial charge is 0.407 e. The summed E-state index contributed by atoms with van der Waals surface area (Å²) in [6.45, 7) is 10.9. The first-order valence-electron chi connectivity index (χ1n) is 20.9. The number of hydrogen-bond donors (Lipinski definition) is 3. The van der Waals surface area contributed by atoms with Crippen LogP contribution in [0.2, 0.25) is 0 Å². The molecule has 318 valence electrons. The van der Waals surface area contributed by atoms with E-state index in [4.69, 9.17) is 15.2 Å². The minimum atomic E-state index is -0.603. The highest BCUT2D eigenvalue weighted by Crippen LogP contribution is 2.23. The summed E-state index contributed by atoms with van der Waals surface area (Å²) in [7, 11) is 0. The Balaban J connectivity index is 1.21. The van der Waals surface area contributed by atoms with E-state index in [0.29, 0.717) is 78.2 Å². The molecule has 0 spiro atoms. The van der Waals surface area contributed by atoms with Crippen molar-refractivity contribution in [1.82, 2.24) is 40.4 Å². The third-order valence-corrected chi connectivity index (χ3v) is 9.37. The predicted octanol–water partition coefficient (Wildman–Crippen LogP) is 6.97. The van der Waals surface area contributed by atoms with E-state index in [-0.39, 0.29) is 5.91 Å². The first kappa shape index (κ1) is 45.3. The lowest BCUT2D eigenvalue weighted by Gasteiger charge is -2.25. The van der Waals surface area contributed by atoms with Gasteiger partial charge in [-0.2, -0.15) is 0 Å². The average Bonchev–Trinajstić information content (AvgIpc) is 3.22. The summed E-state index contributed by atoms with van der Waals surface area (Å²) < 4.78 is 11.7. The van der Waals surface area contributed by atoms with Crippen molar-refractivity contribution < 1.29 is 19.1 Å². The van der Waals surface area contributed by atoms with Crippen LogP contribution < -0.4 is 21.1 Å². The van der Waals surface area contributed by atoms with Crippen molar-refractivity contribution in [2.24, 2.45) is 5.73 Å². The maximum atomic E-state index is 12.7. The Kier molecular flexibility index (Phi) is 18.4. The summed E-state index contributed by atoms with van der Waals surface area (Å²) in [5.74, 6) is 0.622. The van der Waals surface area contributed by atoms with Crippen molar-refractivity contribution in [2.75, 3.05) is 19.7 Å². The standard InChI is InChI=1S/C47H61N9O4/c1-47(2,3)60-46(58)54-26-13-8-20-44(48)45(57)53-25-14-15-27-59-43-29-37(31-55(33-39-16-4-9-21-49-39)34-40-17-5-10-22-50-40)28-38(30-43)32-56(35-41-18-6-11-23-51-41)36-42-19-7-12-24-52-42/h4-7,9-12,16-19,21-24,28-30,44H,8,13-15,20,25-27,31-36,48H2,1-3H3,(H,53,57)(H,54,58). The van der Waals surface area contributed by atoms with Crippen LogP contribution in [0.5, 0.6) is 5.75 Å². The molecule has 4 aromatic heterocycles. The number of nitrogens with two attached hydrogens (primary N) is 1. The van der Waals surface area contributed by atoms with Crippen LogP contribution in [0.1, 0.15) is 86.8 Å². The molecule has 1 atom stereocenters. The molecule has 13 nitrogen and oxygen atoms in total. The number of ether oxygens (including phenoxy) is 2. The topological polar surface area (TPSA) is 161 Å². The lowest BCUT2D eigenvalue weighted by Crippen LogP contribution is -2.41. The molecule has 0 aliphatic rings. The molecule has 13 heteroatoms. The van der Waals surface area contributed by atoms with Crippen molar-refractivity contribution in [3.8, 4) is 5.75 Å². The van der Waals surface area contributed by atoms with Crippen molar-refractivity contribution in [3.63, 3.8) is 0 Å². The molecule has 60 heavy (non-hydrogen) atoms. The Morgan fingerprint density at radius 1 is 0.617 bits per heavy atom. The first-order valence-corrected chi connectivity index (χ1v) is 20.9. The van der Waals surface area contributed by atoms with E-state index in [2.05, 4.69) is 82.8 Å². The molecular formula is C47H61N9O4. The van der Waals surface area contributed by atoms with Crippen LogP contribution in [0, 0.1) is 0 Å². The van der Waals surface area contributed by atoms with Gasteiger partial charge in [0.05, 0.1) is 35.4 Å². The molecule has 0 radical (unpaired) electrons. The van der Waals surface area contributed by atoms with Crippen LogP contribution in [-0.2, 0) is 48.8 Å². The minimum Gasteiger partial charge on any atom is -0.494 e. The number of nitrogens with zero attached hydrogens (tertiary/aromatic N) is 6. The number of pyridine rings is 4. The summed E-state index contributed by atoms with van der Waals surface area (Å²) in [6, 6.07) is 29.9. The average molecular weight is 816 g/mol. The zero-order valence-corrected chi connectivity index (χ0v) is 35.3. The fourth-order valence-electron chi connectivity index (χ4n) is 6.61. The number of rotatable bonds is 24. The Hall–Kier alpha value is -5.76. The van der Waals surface area contributed by atoms with Crippen LogP contribution in [0.3, 0.4) is 0 Å². The van der Waals surface area contributed by atoms with E-state index in [1.165, 1.54) is 0 Å². The van der Waals surface area contributed by atoms with Gasteiger partial charge < -0.3 is 25.8 Å². The number of carbonyl (C=O) groups is 2. The van der Waals surface area contributed by atoms with Gasteiger partial charge in [0, 0.05) is 77.1 Å². The van der Waals surface area contributed by atoms with Crippen molar-refractivity contribution in [1.29, 1.82) is 0 Å². The SMILES string of the molecule is CC(C)(C)OC(=O)NCCCCC(N)C(=O)NCCCCOc1cc(CN(Cc2ccccn2)Cc2ccccn2)cc(CN(Cc2ccccn2)Cc2ccccn2)c1. The summed E-state index contributed by atoms with van der Waals surface area (Å²) >= 11 is 0. The van der Waals surface area contributed by atoms with Crippen molar-refractivity contribution >= 4 is 12.0 Å². The molecule has 0 saturated heterocycles. The predicted molar refractivity (Wildman–Crippen MR) is 233 cm³/mol. The van der Waals surface area contributed by atoms with E-state index in [9.17, 15) is 9.59 Å². The summed E-state index contributed by atoms with van der Waals surface area (Å²) in [4.78, 5) is 47.7. The number of aromatic nitrogens is 4. The van der Waals surface area contributed by atoms with Crippen molar-refractivity contribution in [3.05, 3.63) is 150 Å². The van der Waals surface area contributed by atoms with Gasteiger partial charge in [0.25, 0.3) is 0 Å². The van der Waals surface area contributed by atoms with Gasteiger partial charge in [-0.25, -0.2) is 4.79 Å². The van der Waals surface area contributed by atoms with Crippen LogP contribution in [0.4, 0.5) is 4.79 Å². The van der Waals surface area contributed by atoms with Gasteiger partial charge in [0.2, 0.25) is 5.91 Å². The van der Waals surface area contributed by atoms with Gasteiger partial charge in [0.1, 0.15) is 11.4 Å². The van der Waals surface area contributed by atoms with Gasteiger partial charge in [-0.05, 0) is 125 Å². The zero-order chi connectivity index (χ0) is 42.4. The molecular weight excluding hydrogens is 755 g/mol. The number of alkyl carbamates (subject to hydrolysis) is 1. The number of amides is 2. The molecule has 4 heterocycles. The minimum absolute atomic E-state index is 0.171. The van der Waals surface area contributed by atoms with Crippen molar-refractivity contribution in [2.45, 2.75) is 104 Å². The molecule has 5 rings (SSSR count). The number of hydrogen-bond acceptors (Lipinski definition) is 11. The maximum absolute atomic E-state index is 12.7. The fraction of sp³-hybridized carbons (Fsp3) is 0.404. The molecule has 0 aliphatic carbocycles. The summed E-state index contributed by atoms with van der Waals surface area (Å²) in [5, 5.41) is 5.70. The van der Waals surface area contributed by atoms with Gasteiger partial charge in [-0.15, -0.1) is 0 Å². The molecule has 0 aliphatic heterocycles. The Morgan fingerprint density at radius 3 is 1.50 bits per heavy atom. The lowest BCUT2D eigenvalue weighted by atomic mass is 10.1. The second-order valence-corrected chi connectivity index (χ2v) is 15.9. The Bertz CT molecular complexity index is 1790. The normalized spacial score (nSPS) is 12.0. The van der Waals surface area contributed by atoms with Crippen LogP contribution in [-0.4, -0.2) is 73.1 Å². The first-order chi connectivity index (χ1) is 29.1. The van der Waals surface area contributed by atoms with Gasteiger partial charge >= 0.3 is 6.09 Å². The van der Waals surface area contributed by atoms with Crippen LogP contribution >= 0.6 is 0 Å². The van der Waals surface area contributed by atoms with E-state index >= 15 is 0 Å². The van der Waals surface area contributed by atoms with Gasteiger partial charge in [-0.1, -0.05) is 30.3 Å². The molecule has 4 N–H and O–H groups in total. The third kappa shape index (κ3) is 17.6. The number of carbonyl (C=O) groups excluding carboxylic acids is 2. The summed E-state index contributed by atoms with van der Waals surface area (Å²) in [5.41, 5.74) is 11.8. The molecule has 0 fully saturated rings. The highest BCUT2D eigenvalue weighted by molar-refractivity contribution is 5.81. The second-order valence-electron chi connectivity index (χ2n) is 15.9. The molecule has 0 saturated carbocycles. The summed E-state index contributed by atoms with van der Waals surface area (Å²) in [6.07, 6.45) is 10.3. The van der Waals surface area contributed by atoms with Crippen LogP contribution in [0.25, 0.3) is 0 Å². The monoisotopic (exact) mass is 815 g/mol. The molecule has 0 bridgehead atoms. The largest absolute Gasteiger partial charge is 0.494 e. The van der Waals surface area contributed by atoms with Gasteiger partial charge in [-0.3, -0.25) is 34.5 Å². The van der Waals surface area contributed by atoms with E-state index < -0.39 is 17.7 Å². The van der Waals surface area contributed by atoms with E-state index in [1.54, 1.807) is 0 Å². The van der Waals surface area contributed by atoms with Crippen LogP contribution in [0.15, 0.2) is 116 Å². The number of benzene rings is 1.